The Balaban J connectivity index is 2.15. The first-order valence-electron chi connectivity index (χ1n) is 16.7. The van der Waals surface area contributed by atoms with Crippen LogP contribution in [0.3, 0.4) is 0 Å². The number of hydrogen-bond donors (Lipinski definition) is 5. The first-order valence-corrected chi connectivity index (χ1v) is 18.1. The lowest BCUT2D eigenvalue weighted by Gasteiger charge is -2.29. The van der Waals surface area contributed by atoms with E-state index in [2.05, 4.69) is 30.8 Å². The minimum absolute atomic E-state index is 0.0240. The number of carbonyl (C=O) groups is 6. The van der Waals surface area contributed by atoms with Gasteiger partial charge in [-0.1, -0.05) is 42.5 Å². The Kier molecular flexibility index (Phi) is 15.6. The summed E-state index contributed by atoms with van der Waals surface area (Å²) in [5.41, 5.74) is -7.24. The highest BCUT2D eigenvalue weighted by Gasteiger charge is 2.48. The van der Waals surface area contributed by atoms with Crippen LogP contribution in [0.2, 0.25) is 0 Å². The molecule has 0 aliphatic heterocycles. The quantitative estimate of drug-likeness (QED) is 0.0942. The van der Waals surface area contributed by atoms with Gasteiger partial charge in [0, 0.05) is 6.42 Å². The van der Waals surface area contributed by atoms with Crippen molar-refractivity contribution in [1.82, 2.24) is 26.6 Å². The molecule has 20 heteroatoms. The molecule has 0 heterocycles. The fourth-order valence-electron chi connectivity index (χ4n) is 4.29. The number of halogens is 3. The van der Waals surface area contributed by atoms with Crippen LogP contribution in [0.1, 0.15) is 66.5 Å². The van der Waals surface area contributed by atoms with Gasteiger partial charge in [-0.05, 0) is 78.6 Å². The van der Waals surface area contributed by atoms with E-state index in [4.69, 9.17) is 9.47 Å². The Bertz CT molecular complexity index is 1800. The average Bonchev–Trinajstić information content (AvgIpc) is 3.06. The van der Waals surface area contributed by atoms with Gasteiger partial charge < -0.3 is 40.2 Å². The van der Waals surface area contributed by atoms with E-state index in [0.29, 0.717) is 0 Å². The van der Waals surface area contributed by atoms with Crippen molar-refractivity contribution in [3.8, 4) is 5.75 Å². The molecule has 0 bridgehead atoms. The molecule has 304 valence electrons. The van der Waals surface area contributed by atoms with Gasteiger partial charge in [0.1, 0.15) is 47.7 Å². The summed E-state index contributed by atoms with van der Waals surface area (Å²) in [5, 5.41) is 12.1. The minimum atomic E-state index is -5.96. The lowest BCUT2D eigenvalue weighted by molar-refractivity contribution is -0.149. The number of esters is 1. The fourth-order valence-corrected chi connectivity index (χ4v) is 4.75. The summed E-state index contributed by atoms with van der Waals surface area (Å²) in [4.78, 5) is 77.4. The molecule has 2 aromatic rings. The normalized spacial score (nSPS) is 14.2. The van der Waals surface area contributed by atoms with Crippen LogP contribution in [0.25, 0.3) is 0 Å². The van der Waals surface area contributed by atoms with Crippen molar-refractivity contribution >= 4 is 45.8 Å². The number of alkyl halides is 3. The van der Waals surface area contributed by atoms with Crippen LogP contribution in [0.15, 0.2) is 54.6 Å². The van der Waals surface area contributed by atoms with Gasteiger partial charge in [-0.2, -0.15) is 21.6 Å². The van der Waals surface area contributed by atoms with Gasteiger partial charge in [0.25, 0.3) is 0 Å². The third-order valence-electron chi connectivity index (χ3n) is 7.29. The van der Waals surface area contributed by atoms with Gasteiger partial charge in [0.15, 0.2) is 0 Å². The Morgan fingerprint density at radius 2 is 1.25 bits per heavy atom. The van der Waals surface area contributed by atoms with Crippen molar-refractivity contribution in [1.29, 1.82) is 0 Å². The van der Waals surface area contributed by atoms with Gasteiger partial charge in [0.2, 0.25) is 23.6 Å². The second-order valence-electron chi connectivity index (χ2n) is 13.9. The molecule has 0 fully saturated rings. The van der Waals surface area contributed by atoms with Crippen LogP contribution >= 0.6 is 0 Å². The highest BCUT2D eigenvalue weighted by Crippen LogP contribution is 2.27. The lowest BCUT2D eigenvalue weighted by Crippen LogP contribution is -2.61. The van der Waals surface area contributed by atoms with E-state index < -0.39 is 92.4 Å². The number of benzene rings is 2. The minimum Gasteiger partial charge on any atom is -0.459 e. The Labute approximate surface area is 316 Å². The molecule has 55 heavy (non-hydrogen) atoms. The maximum atomic E-state index is 13.5. The number of alkyl carbamates (subject to hydrolysis) is 1. The van der Waals surface area contributed by atoms with Crippen LogP contribution in [0.4, 0.5) is 18.0 Å². The first kappa shape index (κ1) is 45.8. The van der Waals surface area contributed by atoms with Crippen LogP contribution < -0.4 is 30.8 Å². The zero-order chi connectivity index (χ0) is 41.9. The van der Waals surface area contributed by atoms with Crippen molar-refractivity contribution in [2.75, 3.05) is 0 Å². The molecule has 5 N–H and O–H groups in total. The molecule has 0 saturated carbocycles. The number of amides is 5. The van der Waals surface area contributed by atoms with Gasteiger partial charge >= 0.3 is 27.7 Å². The smallest absolute Gasteiger partial charge is 0.459 e. The summed E-state index contributed by atoms with van der Waals surface area (Å²) in [7, 11) is -5.96. The summed E-state index contributed by atoms with van der Waals surface area (Å²) in [6, 6.07) is 7.80. The standard InChI is InChI=1S/C35H46F3N5O11S/c1-20(41-32(49)53-33(4,5)6)27(44)42-26(18-23-14-16-25(17-15-23)54-55(50,51)35(36,37)38)29(46)39-21(2)28(45)43-34(7,8)31(48)40-22(3)30(47)52-19-24-12-10-9-11-13-24/h9-17,20-22,26H,18-19H2,1-8H3,(H,39,46)(H,40,48)(H,41,49)(H,42,44)(H,43,45)/t20-,21-,22-,26-/m0/s1. The summed E-state index contributed by atoms with van der Waals surface area (Å²) in [6.45, 7) is 11.5. The maximum Gasteiger partial charge on any atom is 0.534 e. The van der Waals surface area contributed by atoms with E-state index in [1.807, 2.05) is 0 Å². The van der Waals surface area contributed by atoms with E-state index in [0.717, 1.165) is 29.8 Å². The topological polar surface area (TPSA) is 224 Å². The highest BCUT2D eigenvalue weighted by atomic mass is 32.2. The molecule has 16 nitrogen and oxygen atoms in total. The molecule has 0 aliphatic rings. The molecule has 0 aliphatic carbocycles. The molecule has 2 aromatic carbocycles. The SMILES string of the molecule is C[C@H](NC(=O)OC(C)(C)C)C(=O)N[C@@H](Cc1ccc(OS(=O)(=O)C(F)(F)F)cc1)C(=O)N[C@@H](C)C(=O)NC(C)(C)C(=O)N[C@@H](C)C(=O)OCc1ccccc1. The third-order valence-corrected chi connectivity index (χ3v) is 8.27. The highest BCUT2D eigenvalue weighted by molar-refractivity contribution is 7.88. The van der Waals surface area contributed by atoms with Crippen LogP contribution in [-0.2, 0) is 56.6 Å². The molecule has 0 radical (unpaired) electrons. The molecule has 5 amide bonds. The Hall–Kier alpha value is -5.40. The first-order chi connectivity index (χ1) is 25.2. The predicted molar refractivity (Wildman–Crippen MR) is 190 cm³/mol. The zero-order valence-electron chi connectivity index (χ0n) is 31.5. The molecular weight excluding hydrogens is 755 g/mol. The molecule has 0 unspecified atom stereocenters. The molecule has 2 rings (SSSR count). The second-order valence-corrected chi connectivity index (χ2v) is 15.4. The molecule has 0 saturated heterocycles. The fraction of sp³-hybridized carbons (Fsp3) is 0.486. The van der Waals surface area contributed by atoms with Crippen molar-refractivity contribution in [2.24, 2.45) is 0 Å². The van der Waals surface area contributed by atoms with Crippen molar-refractivity contribution in [3.63, 3.8) is 0 Å². The average molecular weight is 802 g/mol. The maximum absolute atomic E-state index is 13.5. The number of carbonyl (C=O) groups excluding carboxylic acids is 6. The van der Waals surface area contributed by atoms with E-state index in [1.54, 1.807) is 51.1 Å². The zero-order valence-corrected chi connectivity index (χ0v) is 32.3. The Morgan fingerprint density at radius 3 is 1.80 bits per heavy atom. The number of ether oxygens (including phenoxy) is 2. The molecule has 4 atom stereocenters. The van der Waals surface area contributed by atoms with Crippen molar-refractivity contribution in [2.45, 2.75) is 109 Å². The molecule has 0 spiro atoms. The third kappa shape index (κ3) is 15.1. The van der Waals surface area contributed by atoms with Crippen LogP contribution in [0.5, 0.6) is 5.75 Å². The lowest BCUT2D eigenvalue weighted by atomic mass is 10.0. The number of rotatable bonds is 16. The van der Waals surface area contributed by atoms with Gasteiger partial charge in [-0.3, -0.25) is 19.2 Å². The predicted octanol–water partition coefficient (Wildman–Crippen LogP) is 2.50. The van der Waals surface area contributed by atoms with Gasteiger partial charge in [-0.15, -0.1) is 0 Å². The van der Waals surface area contributed by atoms with E-state index in [9.17, 15) is 50.4 Å². The largest absolute Gasteiger partial charge is 0.534 e. The summed E-state index contributed by atoms with van der Waals surface area (Å²) < 4.78 is 75.5. The number of hydrogen-bond acceptors (Lipinski definition) is 11. The van der Waals surface area contributed by atoms with Crippen LogP contribution in [-0.4, -0.2) is 84.9 Å². The Morgan fingerprint density at radius 1 is 0.691 bits per heavy atom. The van der Waals surface area contributed by atoms with E-state index in [-0.39, 0.29) is 18.6 Å². The van der Waals surface area contributed by atoms with Crippen LogP contribution in [0, 0.1) is 0 Å². The van der Waals surface area contributed by atoms with Crippen molar-refractivity contribution < 1.29 is 64.0 Å². The monoisotopic (exact) mass is 801 g/mol. The summed E-state index contributed by atoms with van der Waals surface area (Å²) in [5.74, 6) is -4.80. The van der Waals surface area contributed by atoms with E-state index >= 15 is 0 Å². The molecular formula is C35H46F3N5O11S. The summed E-state index contributed by atoms with van der Waals surface area (Å²) >= 11 is 0. The summed E-state index contributed by atoms with van der Waals surface area (Å²) in [6.07, 6.45) is -1.28. The van der Waals surface area contributed by atoms with Crippen molar-refractivity contribution in [3.05, 3.63) is 65.7 Å². The molecule has 0 aromatic heterocycles. The second kappa shape index (κ2) is 18.8. The van der Waals surface area contributed by atoms with Gasteiger partial charge in [-0.25, -0.2) is 9.59 Å². The number of nitrogens with one attached hydrogen (secondary N) is 5. The van der Waals surface area contributed by atoms with Gasteiger partial charge in [0.05, 0.1) is 0 Å². The van der Waals surface area contributed by atoms with E-state index in [1.165, 1.54) is 34.6 Å².